The lowest BCUT2D eigenvalue weighted by molar-refractivity contribution is -0.390. The minimum Gasteiger partial charge on any atom is -0.432 e. The summed E-state index contributed by atoms with van der Waals surface area (Å²) in [5.41, 5.74) is -4.90. The Morgan fingerprint density at radius 1 is 0.476 bits per heavy atom. The van der Waals surface area contributed by atoms with E-state index in [1.165, 1.54) is 53.0 Å². The van der Waals surface area contributed by atoms with Crippen molar-refractivity contribution in [3.05, 3.63) is 23.8 Å². The summed E-state index contributed by atoms with van der Waals surface area (Å²) in [5.74, 6) is -6.45. The summed E-state index contributed by atoms with van der Waals surface area (Å²) >= 11 is 0. The zero-order chi connectivity index (χ0) is 107. The summed E-state index contributed by atoms with van der Waals surface area (Å²) in [6.07, 6.45) is -68.4. The van der Waals surface area contributed by atoms with Crippen LogP contribution in [-0.4, -0.2) is 479 Å². The number of ether oxygens (including phenoxy) is 17. The van der Waals surface area contributed by atoms with Gasteiger partial charge in [0.25, 0.3) is 17.7 Å². The molecule has 0 bridgehead atoms. The summed E-state index contributed by atoms with van der Waals surface area (Å²) in [6, 6.07) is 0. The monoisotopic (exact) mass is 2110 g/mol. The molecule has 15 rings (SSSR count). The van der Waals surface area contributed by atoms with Gasteiger partial charge in [-0.25, -0.2) is 5.43 Å². The third kappa shape index (κ3) is 22.3. The third-order valence-corrected chi connectivity index (χ3v) is 35.1. The molecule has 15 aliphatic rings. The van der Waals surface area contributed by atoms with E-state index in [0.29, 0.717) is 32.1 Å². The van der Waals surface area contributed by atoms with E-state index in [-0.39, 0.29) is 76.7 Å². The summed E-state index contributed by atoms with van der Waals surface area (Å²) in [6.45, 7) is 14.6. The van der Waals surface area contributed by atoms with Crippen molar-refractivity contribution in [1.29, 1.82) is 0 Å². The van der Waals surface area contributed by atoms with Crippen molar-refractivity contribution in [1.82, 2.24) is 15.6 Å². The molecule has 9 aliphatic heterocycles. The fourth-order valence-corrected chi connectivity index (χ4v) is 25.7. The Morgan fingerprint density at radius 2 is 1.03 bits per heavy atom. The standard InChI is InChI=1S/C97H154N4O46/c1-38-57(113)48(31-102)137-84(58(38)114)142-75-46(108)34-132-83(71(75)127)140-73-40(3)134-85(68(124)65(73)121)145-79-69(125)74(141-87-72(128)76(59(115)39(2)133-87)136-47-18-17-44(106)60(116)62(47)118)41(4)135-88(79)147-90(130)97-27-26-91(5,6)29-43(97)42-16-19-51-93(8)24-23-53(94(9,50(93)22-25-95(51,10)96(42,11)30-52(97)109)35-98-100-54(110)15-13-12-14-28-101-55(111)20-21-56(101)112)139-89-80(146-86-67(123)64(120)63(119)49(32-103)138-86)77(143-82-66(122)61(117)45(107)33-131-82)70(126)78(144-89)81(129)99-92(7,36-104)37-105/h16,20-21,35,38-41,43-53,57-80,82-89,102-109,113-128H,12-15,17-19,22-34,36-37H2,1-11H3,(H,99,129)(H,100,110)/b98-35+/t38?,39?,40?,41?,43?,44?,45?,46?,47?,48?,49?,50?,51?,52-,53+,57?,58?,59?,60?,61?,62?,63?,64?,65?,66?,67?,68?,69?,70?,71?,72?,73?,74?,75?,76?,77?,78?,79?,80?,82?,83?,84?,85?,86?,87?,88?,89?,93+,94+,95-,96-,97-/m1/s1. The second-order valence-electron chi connectivity index (χ2n) is 45.2. The third-order valence-electron chi connectivity index (χ3n) is 35.1. The Bertz CT molecular complexity index is 4550. The lowest BCUT2D eigenvalue weighted by Gasteiger charge is -2.71. The normalized spacial score (nSPS) is 49.7. The molecule has 4 amide bonds. The molecule has 52 atom stereocenters. The number of hydrazone groups is 1. The van der Waals surface area contributed by atoms with Crippen molar-refractivity contribution in [2.24, 2.45) is 61.3 Å². The van der Waals surface area contributed by atoms with Gasteiger partial charge in [-0.15, -0.1) is 0 Å². The van der Waals surface area contributed by atoms with Gasteiger partial charge in [0.05, 0.1) is 94.0 Å². The Labute approximate surface area is 848 Å². The number of carbonyl (C=O) groups excluding carboxylic acids is 5. The van der Waals surface area contributed by atoms with E-state index in [1.807, 2.05) is 20.8 Å². The van der Waals surface area contributed by atoms with Gasteiger partial charge in [-0.05, 0) is 151 Å². The summed E-state index contributed by atoms with van der Waals surface area (Å²) in [7, 11) is 0. The molecular formula is C97H154N4O46. The van der Waals surface area contributed by atoms with Crippen LogP contribution in [0.2, 0.25) is 0 Å². The Hall–Kier alpha value is -4.90. The smallest absolute Gasteiger partial charge is 0.317 e. The fourth-order valence-electron chi connectivity index (χ4n) is 25.7. The van der Waals surface area contributed by atoms with Crippen LogP contribution in [0, 0.1) is 56.2 Å². The topological polar surface area (TPSA) is 767 Å². The number of imide groups is 1. The van der Waals surface area contributed by atoms with Gasteiger partial charge in [0, 0.05) is 42.7 Å². The summed E-state index contributed by atoms with van der Waals surface area (Å²) in [4.78, 5) is 71.4. The molecule has 838 valence electrons. The number of hydrogen-bond donors (Lipinski definition) is 26. The zero-order valence-electron chi connectivity index (χ0n) is 84.1. The van der Waals surface area contributed by atoms with Gasteiger partial charge in [-0.1, -0.05) is 66.5 Å². The predicted octanol–water partition coefficient (Wildman–Crippen LogP) is -8.43. The molecule has 147 heavy (non-hydrogen) atoms. The number of esters is 1. The Balaban J connectivity index is 0.740. The first kappa shape index (κ1) is 116. The summed E-state index contributed by atoms with van der Waals surface area (Å²) < 4.78 is 106. The van der Waals surface area contributed by atoms with E-state index in [9.17, 15) is 142 Å². The van der Waals surface area contributed by atoms with Gasteiger partial charge in [-0.3, -0.25) is 28.9 Å². The quantitative estimate of drug-likeness (QED) is 0.00566. The highest BCUT2D eigenvalue weighted by Crippen LogP contribution is 2.76. The molecule has 6 aliphatic carbocycles. The molecule has 9 heterocycles. The molecule has 0 radical (unpaired) electrons. The van der Waals surface area contributed by atoms with Crippen LogP contribution in [0.5, 0.6) is 0 Å². The van der Waals surface area contributed by atoms with Gasteiger partial charge >= 0.3 is 5.97 Å². The minimum atomic E-state index is -2.30. The predicted molar refractivity (Wildman–Crippen MR) is 490 cm³/mol. The second-order valence-corrected chi connectivity index (χ2v) is 45.2. The van der Waals surface area contributed by atoms with Crippen molar-refractivity contribution < 1.29 is 227 Å². The van der Waals surface area contributed by atoms with E-state index in [0.717, 1.165) is 10.5 Å². The molecule has 0 aromatic rings. The number of hydrogen-bond acceptors (Lipinski definition) is 47. The zero-order valence-corrected chi connectivity index (χ0v) is 84.1. The van der Waals surface area contributed by atoms with E-state index < -0.39 is 389 Å². The summed E-state index contributed by atoms with van der Waals surface area (Å²) in [5, 5.41) is 280. The molecule has 50 heteroatoms. The van der Waals surface area contributed by atoms with Crippen molar-refractivity contribution >= 4 is 35.8 Å². The maximum absolute atomic E-state index is 16.6. The van der Waals surface area contributed by atoms with Crippen LogP contribution in [0.1, 0.15) is 172 Å². The molecule has 26 N–H and O–H groups in total. The van der Waals surface area contributed by atoms with E-state index in [4.69, 9.17) is 80.5 Å². The van der Waals surface area contributed by atoms with Crippen molar-refractivity contribution in [2.75, 3.05) is 46.2 Å². The van der Waals surface area contributed by atoms with Gasteiger partial charge < -0.3 is 208 Å². The highest BCUT2D eigenvalue weighted by molar-refractivity contribution is 6.12. The number of fused-ring (bicyclic) bond motifs is 7. The highest BCUT2D eigenvalue weighted by Gasteiger charge is 2.74. The molecule has 0 spiro atoms. The maximum Gasteiger partial charge on any atom is 0.317 e. The first-order valence-corrected chi connectivity index (χ1v) is 51.3. The molecule has 45 unspecified atom stereocenters. The molecule has 5 saturated carbocycles. The first-order chi connectivity index (χ1) is 69.2. The molecule has 50 nitrogen and oxygen atoms in total. The number of amides is 4. The minimum absolute atomic E-state index is 0.00637. The van der Waals surface area contributed by atoms with Crippen LogP contribution in [0.25, 0.3) is 0 Å². The van der Waals surface area contributed by atoms with Crippen molar-refractivity contribution in [2.45, 2.75) is 442 Å². The maximum atomic E-state index is 16.6. The molecule has 0 aromatic heterocycles. The number of aliphatic hydroxyl groups is 24. The van der Waals surface area contributed by atoms with Gasteiger partial charge in [0.2, 0.25) is 12.2 Å². The van der Waals surface area contributed by atoms with Crippen molar-refractivity contribution in [3.63, 3.8) is 0 Å². The van der Waals surface area contributed by atoms with Crippen molar-refractivity contribution in [3.8, 4) is 0 Å². The fraction of sp³-hybridized carbons (Fsp3) is 0.897. The number of nitrogens with one attached hydrogen (secondary N) is 2. The molecular weight excluding hydrogens is 1960 g/mol. The van der Waals surface area contributed by atoms with Crippen LogP contribution < -0.4 is 10.7 Å². The molecule has 0 aromatic carbocycles. The SMILES string of the molecule is CC1OC(OC2C(C)OC(OC(=O)[C@]34CCC(C)(C)CC3C3=CCC5[C@@]6(C)CC[C@H](OC7OC(C(=O)NC(C)(CO)CO)C(O)C(OC8OCC(O)C(O)C8O)C7OC7OC(CO)C(O)C(O)C7O)[C@@](C)(/C=N/NC(=O)CCCCCN7C(=O)C=CC7=O)C6CC[C@@]5(C)[C@]3(C)C[C@H]4O)C(OC3OC(C)C(OC4OCC(O)C(OC5OC(CO)C(O)C(C)C5O)C4O)C(O)C3O)C2O)C(O)C(OC2CCC(O)C(O)C2O)C1O. The number of nitrogens with zero attached hydrogens (tertiary/aromatic N) is 2. The highest BCUT2D eigenvalue weighted by atomic mass is 16.8. The van der Waals surface area contributed by atoms with E-state index in [2.05, 4.69) is 42.7 Å². The lowest BCUT2D eigenvalue weighted by Crippen LogP contribution is -2.70. The second kappa shape index (κ2) is 46.1. The first-order valence-electron chi connectivity index (χ1n) is 51.3. The average molecular weight is 2110 g/mol. The van der Waals surface area contributed by atoms with Gasteiger partial charge in [0.15, 0.2) is 56.2 Å². The Morgan fingerprint density at radius 3 is 1.70 bits per heavy atom. The van der Waals surface area contributed by atoms with E-state index >= 15 is 4.79 Å². The number of carbonyl (C=O) groups is 5. The number of rotatable bonds is 32. The number of allylic oxidation sites excluding steroid dienone is 2. The number of aliphatic hydroxyl groups excluding tert-OH is 24. The average Bonchev–Trinajstić information content (AvgIpc) is 0.765. The van der Waals surface area contributed by atoms with Crippen LogP contribution in [0.3, 0.4) is 0 Å². The number of unbranched alkanes of at least 4 members (excludes halogenated alkanes) is 2. The van der Waals surface area contributed by atoms with Gasteiger partial charge in [0.1, 0.15) is 158 Å². The van der Waals surface area contributed by atoms with Crippen LogP contribution in [0.15, 0.2) is 28.9 Å². The van der Waals surface area contributed by atoms with Crippen LogP contribution in [-0.2, 0) is 104 Å². The van der Waals surface area contributed by atoms with Crippen LogP contribution in [0.4, 0.5) is 0 Å². The molecule has 8 saturated heterocycles. The van der Waals surface area contributed by atoms with Crippen LogP contribution >= 0.6 is 0 Å². The van der Waals surface area contributed by atoms with Gasteiger partial charge in [-0.2, -0.15) is 5.10 Å². The van der Waals surface area contributed by atoms with E-state index in [1.54, 1.807) is 0 Å². The largest absolute Gasteiger partial charge is 0.432 e. The lowest BCUT2D eigenvalue weighted by atomic mass is 9.33. The Kier molecular flexibility index (Phi) is 36.4. The molecule has 13 fully saturated rings.